The topological polar surface area (TPSA) is 79.6 Å². The summed E-state index contributed by atoms with van der Waals surface area (Å²) in [6, 6.07) is 14.7. The van der Waals surface area contributed by atoms with Gasteiger partial charge in [0.1, 0.15) is 20.9 Å². The number of carbonyl (C=O) groups is 1. The highest BCUT2D eigenvalue weighted by molar-refractivity contribution is 7.89. The minimum absolute atomic E-state index is 0.0757. The van der Waals surface area contributed by atoms with Gasteiger partial charge in [0.05, 0.1) is 0 Å². The van der Waals surface area contributed by atoms with Gasteiger partial charge < -0.3 is 9.73 Å². The van der Waals surface area contributed by atoms with E-state index >= 15 is 0 Å². The van der Waals surface area contributed by atoms with Crippen LogP contribution < -0.4 is 5.32 Å². The molecule has 0 aliphatic carbocycles. The molecule has 1 aliphatic rings. The first-order valence-corrected chi connectivity index (χ1v) is 11.7. The third kappa shape index (κ3) is 3.13. The van der Waals surface area contributed by atoms with Crippen LogP contribution in [0, 0.1) is 0 Å². The molecule has 3 heterocycles. The van der Waals surface area contributed by atoms with E-state index in [-0.39, 0.29) is 9.77 Å². The second-order valence-electron chi connectivity index (χ2n) is 6.99. The number of para-hydroxylation sites is 1. The fourth-order valence-electron chi connectivity index (χ4n) is 3.73. The van der Waals surface area contributed by atoms with Crippen molar-refractivity contribution in [2.24, 2.45) is 0 Å². The summed E-state index contributed by atoms with van der Waals surface area (Å²) in [6.45, 7) is 1.00. The van der Waals surface area contributed by atoms with Gasteiger partial charge in [0.2, 0.25) is 10.0 Å². The van der Waals surface area contributed by atoms with Crippen molar-refractivity contribution in [2.45, 2.75) is 17.7 Å². The quantitative estimate of drug-likeness (QED) is 0.514. The van der Waals surface area contributed by atoms with Crippen molar-refractivity contribution in [1.29, 1.82) is 0 Å². The van der Waals surface area contributed by atoms with Crippen molar-refractivity contribution < 1.29 is 17.6 Å². The average Bonchev–Trinajstić information content (AvgIpc) is 3.46. The monoisotopic (exact) mass is 426 g/mol. The number of hydrogen-bond donors (Lipinski definition) is 1. The van der Waals surface area contributed by atoms with Gasteiger partial charge >= 0.3 is 0 Å². The van der Waals surface area contributed by atoms with Crippen LogP contribution in [0.2, 0.25) is 0 Å². The van der Waals surface area contributed by atoms with Gasteiger partial charge in [-0.05, 0) is 42.5 Å². The van der Waals surface area contributed by atoms with E-state index < -0.39 is 15.9 Å². The van der Waals surface area contributed by atoms with Crippen LogP contribution in [0.1, 0.15) is 22.5 Å². The number of benzene rings is 2. The van der Waals surface area contributed by atoms with E-state index in [4.69, 9.17) is 4.42 Å². The summed E-state index contributed by atoms with van der Waals surface area (Å²) in [6.07, 6.45) is 1.70. The van der Waals surface area contributed by atoms with Gasteiger partial charge in [-0.3, -0.25) is 4.79 Å². The minimum Gasteiger partial charge on any atom is -0.456 e. The molecule has 0 bridgehead atoms. The number of carbonyl (C=O) groups excluding carboxylic acids is 1. The molecule has 1 aliphatic heterocycles. The summed E-state index contributed by atoms with van der Waals surface area (Å²) in [5.41, 5.74) is 2.00. The molecule has 8 heteroatoms. The lowest BCUT2D eigenvalue weighted by atomic mass is 10.1. The maximum Gasteiger partial charge on any atom is 0.267 e. The van der Waals surface area contributed by atoms with Crippen LogP contribution in [0.3, 0.4) is 0 Å². The van der Waals surface area contributed by atoms with E-state index in [0.29, 0.717) is 24.4 Å². The Bertz CT molecular complexity index is 1330. The SMILES string of the molecule is O=C(Nc1ccc2c(c1)oc1ccccc12)c1sccc1S(=O)(=O)N1CCCC1. The first-order chi connectivity index (χ1) is 14.0. The molecule has 2 aromatic carbocycles. The minimum atomic E-state index is -3.65. The van der Waals surface area contributed by atoms with E-state index in [1.807, 2.05) is 30.3 Å². The smallest absolute Gasteiger partial charge is 0.267 e. The number of hydrogen-bond acceptors (Lipinski definition) is 5. The highest BCUT2D eigenvalue weighted by atomic mass is 32.2. The van der Waals surface area contributed by atoms with Gasteiger partial charge in [0.25, 0.3) is 5.91 Å². The third-order valence-corrected chi connectivity index (χ3v) is 8.14. The van der Waals surface area contributed by atoms with Gasteiger partial charge in [-0.1, -0.05) is 18.2 Å². The van der Waals surface area contributed by atoms with Crippen molar-refractivity contribution in [2.75, 3.05) is 18.4 Å². The van der Waals surface area contributed by atoms with Crippen LogP contribution >= 0.6 is 11.3 Å². The Morgan fingerprint density at radius 2 is 1.76 bits per heavy atom. The number of nitrogens with one attached hydrogen (secondary N) is 1. The van der Waals surface area contributed by atoms with Crippen molar-refractivity contribution in [1.82, 2.24) is 4.31 Å². The number of thiophene rings is 1. The zero-order chi connectivity index (χ0) is 20.0. The van der Waals surface area contributed by atoms with E-state index in [2.05, 4.69) is 5.32 Å². The lowest BCUT2D eigenvalue weighted by Crippen LogP contribution is -2.29. The molecular formula is C21H18N2O4S2. The Morgan fingerprint density at radius 3 is 2.59 bits per heavy atom. The van der Waals surface area contributed by atoms with E-state index in [0.717, 1.165) is 40.5 Å². The predicted molar refractivity (Wildman–Crippen MR) is 114 cm³/mol. The van der Waals surface area contributed by atoms with Crippen molar-refractivity contribution in [3.63, 3.8) is 0 Å². The van der Waals surface area contributed by atoms with Gasteiger partial charge in [-0.2, -0.15) is 4.31 Å². The summed E-state index contributed by atoms with van der Waals surface area (Å²) < 4.78 is 33.1. The molecule has 1 saturated heterocycles. The molecule has 0 radical (unpaired) electrons. The second-order valence-corrected chi connectivity index (χ2v) is 9.81. The normalized spacial score (nSPS) is 15.3. The summed E-state index contributed by atoms with van der Waals surface area (Å²) in [5, 5.41) is 6.43. The maximum absolute atomic E-state index is 12.9. The number of amides is 1. The zero-order valence-electron chi connectivity index (χ0n) is 15.4. The van der Waals surface area contributed by atoms with E-state index in [1.54, 1.807) is 17.5 Å². The van der Waals surface area contributed by atoms with Crippen molar-refractivity contribution in [3.8, 4) is 0 Å². The largest absolute Gasteiger partial charge is 0.456 e. The first kappa shape index (κ1) is 18.4. The molecular weight excluding hydrogens is 408 g/mol. The lowest BCUT2D eigenvalue weighted by Gasteiger charge is -2.15. The zero-order valence-corrected chi connectivity index (χ0v) is 17.1. The Kier molecular flexibility index (Phi) is 4.42. The van der Waals surface area contributed by atoms with Crippen molar-refractivity contribution in [3.05, 3.63) is 58.8 Å². The van der Waals surface area contributed by atoms with Gasteiger partial charge in [0.15, 0.2) is 0 Å². The van der Waals surface area contributed by atoms with Crippen LogP contribution in [0.4, 0.5) is 5.69 Å². The summed E-state index contributed by atoms with van der Waals surface area (Å²) in [4.78, 5) is 13.1. The molecule has 4 aromatic rings. The summed E-state index contributed by atoms with van der Waals surface area (Å²) in [7, 11) is -3.65. The van der Waals surface area contributed by atoms with Crippen LogP contribution in [0.15, 0.2) is 63.2 Å². The predicted octanol–water partition coefficient (Wildman–Crippen LogP) is 4.68. The number of sulfonamides is 1. The maximum atomic E-state index is 12.9. The molecule has 1 N–H and O–H groups in total. The summed E-state index contributed by atoms with van der Waals surface area (Å²) in [5.74, 6) is -0.437. The third-order valence-electron chi connectivity index (χ3n) is 5.15. The first-order valence-electron chi connectivity index (χ1n) is 9.34. The molecule has 29 heavy (non-hydrogen) atoms. The highest BCUT2D eigenvalue weighted by Crippen LogP contribution is 2.32. The van der Waals surface area contributed by atoms with Crippen LogP contribution in [-0.2, 0) is 10.0 Å². The lowest BCUT2D eigenvalue weighted by molar-refractivity contribution is 0.102. The fourth-order valence-corrected chi connectivity index (χ4v) is 6.54. The second kappa shape index (κ2) is 6.98. The molecule has 0 saturated carbocycles. The molecule has 5 rings (SSSR count). The Labute approximate surface area is 171 Å². The van der Waals surface area contributed by atoms with E-state index in [9.17, 15) is 13.2 Å². The number of anilines is 1. The molecule has 6 nitrogen and oxygen atoms in total. The number of furan rings is 1. The van der Waals surface area contributed by atoms with Gasteiger partial charge in [-0.15, -0.1) is 11.3 Å². The van der Waals surface area contributed by atoms with Crippen molar-refractivity contribution >= 4 is 54.9 Å². The number of rotatable bonds is 4. The van der Waals surface area contributed by atoms with Crippen LogP contribution in [0.5, 0.6) is 0 Å². The molecule has 2 aromatic heterocycles. The summed E-state index contributed by atoms with van der Waals surface area (Å²) >= 11 is 1.13. The fraction of sp³-hybridized carbons (Fsp3) is 0.190. The molecule has 0 unspecified atom stereocenters. The highest BCUT2D eigenvalue weighted by Gasteiger charge is 2.31. The van der Waals surface area contributed by atoms with E-state index in [1.165, 1.54) is 10.4 Å². The Morgan fingerprint density at radius 1 is 1.00 bits per heavy atom. The molecule has 148 valence electrons. The molecule has 1 amide bonds. The standard InChI is InChI=1S/C21H18N2O4S2/c24-21(20-19(9-12-28-20)29(25,26)23-10-3-4-11-23)22-14-7-8-16-15-5-1-2-6-17(15)27-18(16)13-14/h1-2,5-9,12-13H,3-4,10-11H2,(H,22,24). The molecule has 0 spiro atoms. The van der Waals surface area contributed by atoms with Crippen LogP contribution in [0.25, 0.3) is 21.9 Å². The van der Waals surface area contributed by atoms with Gasteiger partial charge in [0, 0.05) is 35.6 Å². The number of nitrogens with zero attached hydrogens (tertiary/aromatic N) is 1. The molecule has 1 fully saturated rings. The Hall–Kier alpha value is -2.68. The molecule has 0 atom stereocenters. The van der Waals surface area contributed by atoms with Crippen LogP contribution in [-0.4, -0.2) is 31.7 Å². The Balaban J connectivity index is 1.45. The number of fused-ring (bicyclic) bond motifs is 3. The van der Waals surface area contributed by atoms with Gasteiger partial charge in [-0.25, -0.2) is 8.42 Å². The average molecular weight is 427 g/mol.